The zero-order chi connectivity index (χ0) is 28.3. The molecule has 0 bridgehead atoms. The Balaban J connectivity index is 1.28. The van der Waals surface area contributed by atoms with Crippen LogP contribution in [0.15, 0.2) is 67.3 Å². The second kappa shape index (κ2) is 11.2. The molecule has 1 aliphatic carbocycles. The molecule has 1 aliphatic rings. The molecule has 0 spiro atoms. The molecule has 4 aromatic rings. The van der Waals surface area contributed by atoms with E-state index in [1.807, 2.05) is 36.4 Å². The van der Waals surface area contributed by atoms with E-state index in [2.05, 4.69) is 27.4 Å². The summed E-state index contributed by atoms with van der Waals surface area (Å²) in [4.78, 5) is 44.9. The number of ether oxygens (including phenoxy) is 3. The SMILES string of the molecule is CC(C)(C)OC(=O)Cn1cc(CC(NC(=O)OCC2c3ccccc3-c3ccccc32)OC=O)c2cncnc21. The highest BCUT2D eigenvalue weighted by Crippen LogP contribution is 2.44. The topological polar surface area (TPSA) is 122 Å². The van der Waals surface area contributed by atoms with Gasteiger partial charge in [0.15, 0.2) is 6.23 Å². The monoisotopic (exact) mass is 542 g/mol. The van der Waals surface area contributed by atoms with Crippen LogP contribution in [0.3, 0.4) is 0 Å². The molecule has 1 atom stereocenters. The number of carbonyl (C=O) groups excluding carboxylic acids is 3. The minimum Gasteiger partial charge on any atom is -0.459 e. The van der Waals surface area contributed by atoms with E-state index in [9.17, 15) is 14.4 Å². The molecule has 0 saturated carbocycles. The summed E-state index contributed by atoms with van der Waals surface area (Å²) < 4.78 is 17.9. The van der Waals surface area contributed by atoms with Crippen LogP contribution in [-0.4, -0.2) is 51.5 Å². The summed E-state index contributed by atoms with van der Waals surface area (Å²) in [6, 6.07) is 16.1. The molecule has 206 valence electrons. The maximum atomic E-state index is 12.8. The van der Waals surface area contributed by atoms with Crippen LogP contribution in [0.25, 0.3) is 22.2 Å². The van der Waals surface area contributed by atoms with Crippen LogP contribution in [0, 0.1) is 0 Å². The van der Waals surface area contributed by atoms with E-state index in [-0.39, 0.29) is 32.0 Å². The van der Waals surface area contributed by atoms with Crippen LogP contribution in [0.2, 0.25) is 0 Å². The summed E-state index contributed by atoms with van der Waals surface area (Å²) in [7, 11) is 0. The van der Waals surface area contributed by atoms with Gasteiger partial charge in [0.2, 0.25) is 0 Å². The van der Waals surface area contributed by atoms with Crippen molar-refractivity contribution in [3.63, 3.8) is 0 Å². The first-order valence-electron chi connectivity index (χ1n) is 12.9. The van der Waals surface area contributed by atoms with Crippen LogP contribution in [0.4, 0.5) is 4.79 Å². The van der Waals surface area contributed by atoms with Crippen LogP contribution in [0.5, 0.6) is 0 Å². The van der Waals surface area contributed by atoms with Crippen LogP contribution in [-0.2, 0) is 36.8 Å². The standard InChI is InChI=1S/C30H30N4O6/c1-30(2,3)40-27(36)15-34-14-19(24-13-31-17-32-28(24)34)12-26(39-18-35)33-29(37)38-16-25-22-10-6-4-8-20(22)21-9-5-7-11-23(21)25/h4-11,13-14,17-18,25-26H,12,15-16H2,1-3H3,(H,33,37). The number of carbonyl (C=O) groups is 3. The van der Waals surface area contributed by atoms with Gasteiger partial charge in [-0.2, -0.15) is 0 Å². The number of aromatic nitrogens is 3. The molecule has 0 saturated heterocycles. The Bertz CT molecular complexity index is 1510. The third-order valence-corrected chi connectivity index (χ3v) is 6.59. The van der Waals surface area contributed by atoms with Gasteiger partial charge in [-0.25, -0.2) is 14.8 Å². The molecule has 1 unspecified atom stereocenters. The third-order valence-electron chi connectivity index (χ3n) is 6.59. The first-order chi connectivity index (χ1) is 19.2. The lowest BCUT2D eigenvalue weighted by atomic mass is 9.98. The highest BCUT2D eigenvalue weighted by Gasteiger charge is 2.29. The zero-order valence-electron chi connectivity index (χ0n) is 22.5. The number of hydrogen-bond acceptors (Lipinski definition) is 8. The van der Waals surface area contributed by atoms with Crippen molar-refractivity contribution in [3.05, 3.63) is 83.9 Å². The molecular formula is C30H30N4O6. The van der Waals surface area contributed by atoms with Gasteiger partial charge in [-0.3, -0.25) is 14.9 Å². The summed E-state index contributed by atoms with van der Waals surface area (Å²) in [5.41, 5.74) is 4.99. The smallest absolute Gasteiger partial charge is 0.410 e. The Kier molecular flexibility index (Phi) is 7.50. The second-order valence-corrected chi connectivity index (χ2v) is 10.5. The maximum Gasteiger partial charge on any atom is 0.410 e. The number of benzene rings is 2. The Morgan fingerprint density at radius 1 is 1.07 bits per heavy atom. The van der Waals surface area contributed by atoms with E-state index in [0.717, 1.165) is 22.3 Å². The largest absolute Gasteiger partial charge is 0.459 e. The quantitative estimate of drug-likeness (QED) is 0.143. The van der Waals surface area contributed by atoms with Crippen molar-refractivity contribution in [1.29, 1.82) is 0 Å². The van der Waals surface area contributed by atoms with Crippen molar-refractivity contribution in [2.75, 3.05) is 6.61 Å². The van der Waals surface area contributed by atoms with Crippen molar-refractivity contribution >= 4 is 29.6 Å². The number of amides is 1. The van der Waals surface area contributed by atoms with Gasteiger partial charge in [0.05, 0.1) is 0 Å². The average molecular weight is 543 g/mol. The van der Waals surface area contributed by atoms with Crippen molar-refractivity contribution in [2.24, 2.45) is 0 Å². The molecule has 0 aliphatic heterocycles. The van der Waals surface area contributed by atoms with Crippen LogP contribution < -0.4 is 5.32 Å². The predicted octanol–water partition coefficient (Wildman–Crippen LogP) is 4.35. The molecule has 1 amide bonds. The Morgan fingerprint density at radius 3 is 2.40 bits per heavy atom. The molecule has 10 nitrogen and oxygen atoms in total. The molecule has 5 rings (SSSR count). The fourth-order valence-corrected chi connectivity index (χ4v) is 5.06. The number of rotatable bonds is 9. The van der Waals surface area contributed by atoms with Gasteiger partial charge in [-0.15, -0.1) is 0 Å². The van der Waals surface area contributed by atoms with E-state index in [1.54, 1.807) is 37.7 Å². The first kappa shape index (κ1) is 26.9. The lowest BCUT2D eigenvalue weighted by Gasteiger charge is -2.19. The predicted molar refractivity (Wildman–Crippen MR) is 146 cm³/mol. The Labute approximate surface area is 231 Å². The molecule has 2 heterocycles. The molecule has 1 N–H and O–H groups in total. The van der Waals surface area contributed by atoms with Gasteiger partial charge in [0.1, 0.15) is 30.7 Å². The molecule has 0 fully saturated rings. The minimum atomic E-state index is -1.02. The molecule has 2 aromatic carbocycles. The molecular weight excluding hydrogens is 512 g/mol. The maximum absolute atomic E-state index is 12.8. The first-order valence-corrected chi connectivity index (χ1v) is 12.9. The van der Waals surface area contributed by atoms with E-state index >= 15 is 0 Å². The second-order valence-electron chi connectivity index (χ2n) is 10.5. The van der Waals surface area contributed by atoms with E-state index in [4.69, 9.17) is 14.2 Å². The number of nitrogens with zero attached hydrogens (tertiary/aromatic N) is 3. The van der Waals surface area contributed by atoms with Crippen LogP contribution in [0.1, 0.15) is 43.4 Å². The van der Waals surface area contributed by atoms with Crippen molar-refractivity contribution in [3.8, 4) is 11.1 Å². The fourth-order valence-electron chi connectivity index (χ4n) is 5.06. The third kappa shape index (κ3) is 5.80. The molecule has 10 heteroatoms. The lowest BCUT2D eigenvalue weighted by Crippen LogP contribution is -2.39. The molecule has 0 radical (unpaired) electrons. The van der Waals surface area contributed by atoms with Gasteiger partial charge in [-0.1, -0.05) is 48.5 Å². The summed E-state index contributed by atoms with van der Waals surface area (Å²) in [6.45, 7) is 5.71. The summed E-state index contributed by atoms with van der Waals surface area (Å²) in [5, 5.41) is 3.28. The number of esters is 1. The summed E-state index contributed by atoms with van der Waals surface area (Å²) in [6.07, 6.45) is 3.06. The van der Waals surface area contributed by atoms with E-state index in [1.165, 1.54) is 6.33 Å². The zero-order valence-corrected chi connectivity index (χ0v) is 22.5. The minimum absolute atomic E-state index is 0.0657. The van der Waals surface area contributed by atoms with Gasteiger partial charge in [-0.05, 0) is 48.6 Å². The van der Waals surface area contributed by atoms with Gasteiger partial charge in [0, 0.05) is 30.1 Å². The average Bonchev–Trinajstić information content (AvgIpc) is 3.42. The highest BCUT2D eigenvalue weighted by atomic mass is 16.6. The van der Waals surface area contributed by atoms with Crippen LogP contribution >= 0.6 is 0 Å². The van der Waals surface area contributed by atoms with E-state index in [0.29, 0.717) is 16.6 Å². The molecule has 2 aromatic heterocycles. The lowest BCUT2D eigenvalue weighted by molar-refractivity contribution is -0.155. The normalized spacial score (nSPS) is 13.3. The van der Waals surface area contributed by atoms with Crippen molar-refractivity contribution in [2.45, 2.75) is 51.5 Å². The van der Waals surface area contributed by atoms with Crippen molar-refractivity contribution in [1.82, 2.24) is 19.9 Å². The Hall–Kier alpha value is -4.73. The summed E-state index contributed by atoms with van der Waals surface area (Å²) in [5.74, 6) is -0.529. The Morgan fingerprint density at radius 2 is 1.75 bits per heavy atom. The fraction of sp³-hybridized carbons (Fsp3) is 0.300. The highest BCUT2D eigenvalue weighted by molar-refractivity contribution is 5.82. The number of hydrogen-bond donors (Lipinski definition) is 1. The molecule has 40 heavy (non-hydrogen) atoms. The number of alkyl carbamates (subject to hydrolysis) is 1. The number of nitrogens with one attached hydrogen (secondary N) is 1. The van der Waals surface area contributed by atoms with Gasteiger partial charge >= 0.3 is 12.1 Å². The van der Waals surface area contributed by atoms with Crippen molar-refractivity contribution < 1.29 is 28.6 Å². The summed E-state index contributed by atoms with van der Waals surface area (Å²) >= 11 is 0. The number of fused-ring (bicyclic) bond motifs is 4. The van der Waals surface area contributed by atoms with Gasteiger partial charge in [0.25, 0.3) is 6.47 Å². The van der Waals surface area contributed by atoms with Gasteiger partial charge < -0.3 is 18.8 Å². The van der Waals surface area contributed by atoms with E-state index < -0.39 is 23.9 Å².